The zero-order valence-corrected chi connectivity index (χ0v) is 9.91. The Morgan fingerprint density at radius 3 is 3.22 bits per heavy atom. The van der Waals surface area contributed by atoms with Crippen LogP contribution in [0.15, 0.2) is 41.3 Å². The van der Waals surface area contributed by atoms with Gasteiger partial charge in [-0.15, -0.1) is 0 Å². The van der Waals surface area contributed by atoms with Gasteiger partial charge in [0.1, 0.15) is 5.69 Å². The topological polar surface area (TPSA) is 43.9 Å². The summed E-state index contributed by atoms with van der Waals surface area (Å²) in [6.45, 7) is 0. The van der Waals surface area contributed by atoms with Crippen molar-refractivity contribution in [2.24, 2.45) is 0 Å². The van der Waals surface area contributed by atoms with E-state index in [1.807, 2.05) is 30.7 Å². The normalized spacial score (nSPS) is 19.0. The third-order valence-corrected chi connectivity index (χ3v) is 3.71. The average Bonchev–Trinajstić information content (AvgIpc) is 3.05. The van der Waals surface area contributed by atoms with Crippen molar-refractivity contribution in [2.45, 2.75) is 25.3 Å². The molecule has 90 valence electrons. The molecule has 4 rings (SSSR count). The highest BCUT2D eigenvalue weighted by atomic mass is 16.5. The SMILES string of the molecule is c1ccc2c(C3CCCc4cncn43)noc2c1. The Bertz CT molecular complexity index is 698. The second kappa shape index (κ2) is 3.70. The molecule has 0 radical (unpaired) electrons. The Kier molecular flexibility index (Phi) is 2.03. The number of para-hydroxylation sites is 1. The Labute approximate surface area is 104 Å². The van der Waals surface area contributed by atoms with Gasteiger partial charge in [-0.2, -0.15) is 0 Å². The summed E-state index contributed by atoms with van der Waals surface area (Å²) in [5.74, 6) is 0. The van der Waals surface area contributed by atoms with E-state index >= 15 is 0 Å². The van der Waals surface area contributed by atoms with Gasteiger partial charge in [-0.1, -0.05) is 17.3 Å². The quantitative estimate of drug-likeness (QED) is 0.655. The Balaban J connectivity index is 1.90. The molecule has 4 heteroatoms. The monoisotopic (exact) mass is 239 g/mol. The van der Waals surface area contributed by atoms with E-state index in [1.165, 1.54) is 12.1 Å². The molecule has 0 N–H and O–H groups in total. The maximum absolute atomic E-state index is 5.41. The minimum absolute atomic E-state index is 0.264. The molecule has 18 heavy (non-hydrogen) atoms. The van der Waals surface area contributed by atoms with Crippen LogP contribution in [0.4, 0.5) is 0 Å². The largest absolute Gasteiger partial charge is 0.356 e. The van der Waals surface area contributed by atoms with Gasteiger partial charge >= 0.3 is 0 Å². The van der Waals surface area contributed by atoms with Crippen LogP contribution < -0.4 is 0 Å². The highest BCUT2D eigenvalue weighted by molar-refractivity contribution is 5.79. The molecule has 1 unspecified atom stereocenters. The first-order chi connectivity index (χ1) is 8.93. The molecule has 0 aliphatic carbocycles. The fourth-order valence-electron chi connectivity index (χ4n) is 2.84. The van der Waals surface area contributed by atoms with Crippen molar-refractivity contribution in [3.05, 3.63) is 48.2 Å². The number of nitrogens with zero attached hydrogens (tertiary/aromatic N) is 3. The lowest BCUT2D eigenvalue weighted by Gasteiger charge is -2.23. The van der Waals surface area contributed by atoms with E-state index in [4.69, 9.17) is 4.52 Å². The molecular formula is C14H13N3O. The summed E-state index contributed by atoms with van der Waals surface area (Å²) in [6, 6.07) is 8.30. The first kappa shape index (κ1) is 9.88. The third kappa shape index (κ3) is 1.32. The minimum atomic E-state index is 0.264. The molecular weight excluding hydrogens is 226 g/mol. The van der Waals surface area contributed by atoms with Crippen molar-refractivity contribution in [3.63, 3.8) is 0 Å². The summed E-state index contributed by atoms with van der Waals surface area (Å²) in [7, 11) is 0. The molecule has 2 aromatic heterocycles. The van der Waals surface area contributed by atoms with Crippen LogP contribution in [0.2, 0.25) is 0 Å². The summed E-state index contributed by atoms with van der Waals surface area (Å²) in [6.07, 6.45) is 7.24. The fourth-order valence-corrected chi connectivity index (χ4v) is 2.84. The number of imidazole rings is 1. The molecule has 3 heterocycles. The van der Waals surface area contributed by atoms with Crippen molar-refractivity contribution in [3.8, 4) is 0 Å². The molecule has 0 spiro atoms. The Morgan fingerprint density at radius 2 is 2.22 bits per heavy atom. The standard InChI is InChI=1S/C14H13N3O/c1-2-7-13-11(5-1)14(16-18-13)12-6-3-4-10-8-15-9-17(10)12/h1-2,5,7-9,12H,3-4,6H2. The lowest BCUT2D eigenvalue weighted by Crippen LogP contribution is -2.18. The second-order valence-corrected chi connectivity index (χ2v) is 4.76. The molecule has 4 nitrogen and oxygen atoms in total. The lowest BCUT2D eigenvalue weighted by atomic mass is 9.98. The number of aromatic nitrogens is 3. The number of hydrogen-bond acceptors (Lipinski definition) is 3. The van der Waals surface area contributed by atoms with Crippen LogP contribution in [-0.2, 0) is 6.42 Å². The zero-order valence-electron chi connectivity index (χ0n) is 9.91. The predicted octanol–water partition coefficient (Wildman–Crippen LogP) is 2.95. The average molecular weight is 239 g/mol. The van der Waals surface area contributed by atoms with Gasteiger partial charge < -0.3 is 9.09 Å². The predicted molar refractivity (Wildman–Crippen MR) is 67.3 cm³/mol. The molecule has 0 bridgehead atoms. The number of fused-ring (bicyclic) bond motifs is 2. The number of benzene rings is 1. The summed E-state index contributed by atoms with van der Waals surface area (Å²) >= 11 is 0. The first-order valence-electron chi connectivity index (χ1n) is 6.28. The van der Waals surface area contributed by atoms with E-state index in [9.17, 15) is 0 Å². The maximum atomic E-state index is 5.41. The van der Waals surface area contributed by atoms with Crippen LogP contribution in [0, 0.1) is 0 Å². The second-order valence-electron chi connectivity index (χ2n) is 4.76. The van der Waals surface area contributed by atoms with E-state index in [0.29, 0.717) is 0 Å². The molecule has 0 fully saturated rings. The van der Waals surface area contributed by atoms with Crippen LogP contribution in [0.5, 0.6) is 0 Å². The van der Waals surface area contributed by atoms with E-state index in [0.717, 1.165) is 29.5 Å². The van der Waals surface area contributed by atoms with Crippen molar-refractivity contribution >= 4 is 11.0 Å². The number of rotatable bonds is 1. The van der Waals surface area contributed by atoms with E-state index < -0.39 is 0 Å². The number of hydrogen-bond donors (Lipinski definition) is 0. The van der Waals surface area contributed by atoms with Gasteiger partial charge in [0.25, 0.3) is 0 Å². The minimum Gasteiger partial charge on any atom is -0.356 e. The van der Waals surface area contributed by atoms with Crippen LogP contribution >= 0.6 is 0 Å². The van der Waals surface area contributed by atoms with Crippen LogP contribution in [0.25, 0.3) is 11.0 Å². The van der Waals surface area contributed by atoms with Gasteiger partial charge in [-0.3, -0.25) is 0 Å². The van der Waals surface area contributed by atoms with Gasteiger partial charge in [-0.05, 0) is 31.4 Å². The molecule has 1 atom stereocenters. The lowest BCUT2D eigenvalue weighted by molar-refractivity contribution is 0.398. The smallest absolute Gasteiger partial charge is 0.167 e. The van der Waals surface area contributed by atoms with Crippen molar-refractivity contribution < 1.29 is 4.52 Å². The Hall–Kier alpha value is -2.10. The van der Waals surface area contributed by atoms with Gasteiger partial charge in [0.2, 0.25) is 0 Å². The summed E-state index contributed by atoms with van der Waals surface area (Å²) in [4.78, 5) is 4.25. The van der Waals surface area contributed by atoms with Crippen molar-refractivity contribution in [1.82, 2.24) is 14.7 Å². The third-order valence-electron chi connectivity index (χ3n) is 3.71. The molecule has 3 aromatic rings. The molecule has 1 aromatic carbocycles. The zero-order chi connectivity index (χ0) is 11.9. The van der Waals surface area contributed by atoms with Gasteiger partial charge in [0.15, 0.2) is 5.58 Å². The highest BCUT2D eigenvalue weighted by Crippen LogP contribution is 2.33. The van der Waals surface area contributed by atoms with Crippen LogP contribution in [0.1, 0.15) is 30.3 Å². The molecule has 1 aliphatic heterocycles. The summed E-state index contributed by atoms with van der Waals surface area (Å²) in [5.41, 5.74) is 3.18. The van der Waals surface area contributed by atoms with Gasteiger partial charge in [0, 0.05) is 17.3 Å². The van der Waals surface area contributed by atoms with Gasteiger partial charge in [0.05, 0.1) is 12.4 Å². The summed E-state index contributed by atoms with van der Waals surface area (Å²) in [5, 5.41) is 5.39. The highest BCUT2D eigenvalue weighted by Gasteiger charge is 2.25. The van der Waals surface area contributed by atoms with Gasteiger partial charge in [-0.25, -0.2) is 4.98 Å². The molecule has 0 amide bonds. The van der Waals surface area contributed by atoms with E-state index in [1.54, 1.807) is 0 Å². The molecule has 0 saturated carbocycles. The van der Waals surface area contributed by atoms with Crippen LogP contribution in [-0.4, -0.2) is 14.7 Å². The van der Waals surface area contributed by atoms with Crippen molar-refractivity contribution in [2.75, 3.05) is 0 Å². The molecule has 0 saturated heterocycles. The van der Waals surface area contributed by atoms with Crippen molar-refractivity contribution in [1.29, 1.82) is 0 Å². The number of aryl methyl sites for hydroxylation is 1. The first-order valence-corrected chi connectivity index (χ1v) is 6.28. The Morgan fingerprint density at radius 1 is 1.28 bits per heavy atom. The van der Waals surface area contributed by atoms with E-state index in [-0.39, 0.29) is 6.04 Å². The molecule has 1 aliphatic rings. The van der Waals surface area contributed by atoms with Crippen LogP contribution in [0.3, 0.4) is 0 Å². The fraction of sp³-hybridized carbons (Fsp3) is 0.286. The summed E-state index contributed by atoms with van der Waals surface area (Å²) < 4.78 is 7.64. The maximum Gasteiger partial charge on any atom is 0.167 e. The van der Waals surface area contributed by atoms with E-state index in [2.05, 4.69) is 20.8 Å².